The molecule has 0 aliphatic carbocycles. The number of thiophene rings is 1. The SMILES string of the molecule is CCCC(=O)c1cnc2c(OC)cccc2c1Nc1ccsc1CC. The summed E-state index contributed by atoms with van der Waals surface area (Å²) < 4.78 is 5.44. The average Bonchev–Trinajstić information content (AvgIpc) is 3.08. The highest BCUT2D eigenvalue weighted by molar-refractivity contribution is 7.10. The number of ketones is 1. The van der Waals surface area contributed by atoms with Crippen LogP contribution in [0.3, 0.4) is 0 Å². The van der Waals surface area contributed by atoms with Crippen molar-refractivity contribution in [2.45, 2.75) is 33.1 Å². The van der Waals surface area contributed by atoms with Gasteiger partial charge in [0.25, 0.3) is 0 Å². The molecule has 2 aromatic heterocycles. The van der Waals surface area contributed by atoms with E-state index in [1.54, 1.807) is 24.6 Å². The number of pyridine rings is 1. The molecule has 0 amide bonds. The molecule has 25 heavy (non-hydrogen) atoms. The van der Waals surface area contributed by atoms with Gasteiger partial charge in [-0.05, 0) is 30.4 Å². The Labute approximate surface area is 151 Å². The first kappa shape index (κ1) is 17.4. The maximum Gasteiger partial charge on any atom is 0.166 e. The Balaban J connectivity index is 2.20. The number of anilines is 2. The van der Waals surface area contributed by atoms with Crippen molar-refractivity contribution in [2.24, 2.45) is 0 Å². The molecular weight excluding hydrogens is 332 g/mol. The summed E-state index contributed by atoms with van der Waals surface area (Å²) in [7, 11) is 1.63. The van der Waals surface area contributed by atoms with Crippen molar-refractivity contribution in [3.63, 3.8) is 0 Å². The van der Waals surface area contributed by atoms with Gasteiger partial charge in [0.15, 0.2) is 5.78 Å². The van der Waals surface area contributed by atoms with Gasteiger partial charge in [-0.1, -0.05) is 26.0 Å². The maximum absolute atomic E-state index is 12.6. The minimum atomic E-state index is 0.107. The Hall–Kier alpha value is -2.40. The van der Waals surface area contributed by atoms with Gasteiger partial charge in [0.1, 0.15) is 11.3 Å². The second kappa shape index (κ2) is 7.66. The van der Waals surface area contributed by atoms with Gasteiger partial charge in [-0.2, -0.15) is 0 Å². The number of nitrogens with one attached hydrogen (secondary N) is 1. The Morgan fingerprint density at radius 1 is 1.28 bits per heavy atom. The van der Waals surface area contributed by atoms with Gasteiger partial charge in [-0.3, -0.25) is 9.78 Å². The predicted molar refractivity (Wildman–Crippen MR) is 105 cm³/mol. The fourth-order valence-electron chi connectivity index (χ4n) is 2.93. The van der Waals surface area contributed by atoms with Crippen LogP contribution in [0, 0.1) is 0 Å². The molecule has 0 spiro atoms. The number of nitrogens with zero attached hydrogens (tertiary/aromatic N) is 1. The van der Waals surface area contributed by atoms with Crippen LogP contribution in [0.25, 0.3) is 10.9 Å². The van der Waals surface area contributed by atoms with E-state index in [-0.39, 0.29) is 5.78 Å². The Kier molecular flexibility index (Phi) is 5.34. The summed E-state index contributed by atoms with van der Waals surface area (Å²) in [5.74, 6) is 0.812. The summed E-state index contributed by atoms with van der Waals surface area (Å²) in [5, 5.41) is 6.47. The summed E-state index contributed by atoms with van der Waals surface area (Å²) in [4.78, 5) is 18.4. The van der Waals surface area contributed by atoms with Crippen LogP contribution in [0.15, 0.2) is 35.8 Å². The van der Waals surface area contributed by atoms with Gasteiger partial charge in [0, 0.05) is 22.9 Å². The third-order valence-electron chi connectivity index (χ3n) is 4.18. The number of ether oxygens (including phenoxy) is 1. The average molecular weight is 354 g/mol. The number of hydrogen-bond acceptors (Lipinski definition) is 5. The molecule has 4 nitrogen and oxygen atoms in total. The van der Waals surface area contributed by atoms with Gasteiger partial charge in [-0.15, -0.1) is 11.3 Å². The van der Waals surface area contributed by atoms with E-state index >= 15 is 0 Å². The van der Waals surface area contributed by atoms with Crippen molar-refractivity contribution in [3.8, 4) is 5.75 Å². The maximum atomic E-state index is 12.6. The highest BCUT2D eigenvalue weighted by Crippen LogP contribution is 2.36. The molecule has 0 aliphatic rings. The van der Waals surface area contributed by atoms with Crippen LogP contribution in [-0.2, 0) is 6.42 Å². The largest absolute Gasteiger partial charge is 0.494 e. The van der Waals surface area contributed by atoms with Crippen molar-refractivity contribution in [3.05, 3.63) is 46.3 Å². The molecule has 2 heterocycles. The van der Waals surface area contributed by atoms with Gasteiger partial charge in [0.2, 0.25) is 0 Å². The van der Waals surface area contributed by atoms with Gasteiger partial charge >= 0.3 is 0 Å². The van der Waals surface area contributed by atoms with Crippen molar-refractivity contribution >= 4 is 39.4 Å². The third-order valence-corrected chi connectivity index (χ3v) is 5.25. The first-order valence-electron chi connectivity index (χ1n) is 8.51. The molecule has 1 aromatic carbocycles. The summed E-state index contributed by atoms with van der Waals surface area (Å²) in [6.07, 6.45) is 3.94. The van der Waals surface area contributed by atoms with Crippen LogP contribution in [0.1, 0.15) is 41.9 Å². The summed E-state index contributed by atoms with van der Waals surface area (Å²) in [5.41, 5.74) is 3.26. The van der Waals surface area contributed by atoms with Crippen LogP contribution in [-0.4, -0.2) is 17.9 Å². The first-order chi connectivity index (χ1) is 12.2. The molecule has 0 saturated carbocycles. The Morgan fingerprint density at radius 2 is 2.12 bits per heavy atom. The summed E-state index contributed by atoms with van der Waals surface area (Å²) in [6, 6.07) is 7.85. The number of rotatable bonds is 7. The topological polar surface area (TPSA) is 51.2 Å². The number of aryl methyl sites for hydroxylation is 1. The fourth-order valence-corrected chi connectivity index (χ4v) is 3.71. The number of Topliss-reactive ketones (excluding diaryl/α,β-unsaturated/α-hetero) is 1. The van der Waals surface area contributed by atoms with Crippen LogP contribution < -0.4 is 10.1 Å². The van der Waals surface area contributed by atoms with Crippen molar-refractivity contribution in [1.82, 2.24) is 4.98 Å². The normalized spacial score (nSPS) is 10.8. The molecule has 3 aromatic rings. The van der Waals surface area contributed by atoms with Gasteiger partial charge < -0.3 is 10.1 Å². The highest BCUT2D eigenvalue weighted by Gasteiger charge is 2.18. The molecule has 0 aliphatic heterocycles. The number of aromatic nitrogens is 1. The zero-order valence-electron chi connectivity index (χ0n) is 14.8. The van der Waals surface area contributed by atoms with Gasteiger partial charge in [-0.25, -0.2) is 0 Å². The lowest BCUT2D eigenvalue weighted by Gasteiger charge is -2.15. The molecule has 0 fully saturated rings. The fraction of sp³-hybridized carbons (Fsp3) is 0.300. The lowest BCUT2D eigenvalue weighted by Crippen LogP contribution is -2.06. The molecule has 0 atom stereocenters. The molecule has 1 N–H and O–H groups in total. The van der Waals surface area contributed by atoms with E-state index in [1.807, 2.05) is 25.1 Å². The first-order valence-corrected chi connectivity index (χ1v) is 9.39. The third kappa shape index (κ3) is 3.37. The molecule has 3 rings (SSSR count). The number of methoxy groups -OCH3 is 1. The lowest BCUT2D eigenvalue weighted by molar-refractivity contribution is 0.0982. The van der Waals surface area contributed by atoms with Crippen LogP contribution in [0.5, 0.6) is 5.75 Å². The number of benzene rings is 1. The van der Waals surface area contributed by atoms with Crippen molar-refractivity contribution in [1.29, 1.82) is 0 Å². The van der Waals surface area contributed by atoms with E-state index in [1.165, 1.54) is 4.88 Å². The Bertz CT molecular complexity index is 902. The lowest BCUT2D eigenvalue weighted by atomic mass is 10.0. The van der Waals surface area contributed by atoms with Gasteiger partial charge in [0.05, 0.1) is 24.0 Å². The number of para-hydroxylation sites is 1. The molecule has 0 bridgehead atoms. The van der Waals surface area contributed by atoms with E-state index in [9.17, 15) is 4.79 Å². The molecule has 0 unspecified atom stereocenters. The van der Waals surface area contributed by atoms with Crippen molar-refractivity contribution in [2.75, 3.05) is 12.4 Å². The highest BCUT2D eigenvalue weighted by atomic mass is 32.1. The second-order valence-corrected chi connectivity index (χ2v) is 6.81. The molecule has 5 heteroatoms. The minimum Gasteiger partial charge on any atom is -0.494 e. The monoisotopic (exact) mass is 354 g/mol. The zero-order valence-corrected chi connectivity index (χ0v) is 15.6. The van der Waals surface area contributed by atoms with Crippen molar-refractivity contribution < 1.29 is 9.53 Å². The summed E-state index contributed by atoms with van der Waals surface area (Å²) >= 11 is 1.72. The molecule has 0 radical (unpaired) electrons. The van der Waals surface area contributed by atoms with E-state index < -0.39 is 0 Å². The number of carbonyl (C=O) groups excluding carboxylic acids is 1. The van der Waals surface area contributed by atoms with E-state index in [2.05, 4.69) is 28.7 Å². The predicted octanol–water partition coefficient (Wildman–Crippen LogP) is 5.59. The number of hydrogen-bond donors (Lipinski definition) is 1. The quantitative estimate of drug-likeness (QED) is 0.562. The molecule has 130 valence electrons. The van der Waals surface area contributed by atoms with Crippen LogP contribution in [0.2, 0.25) is 0 Å². The minimum absolute atomic E-state index is 0.107. The van der Waals surface area contributed by atoms with E-state index in [4.69, 9.17) is 4.74 Å². The second-order valence-electron chi connectivity index (χ2n) is 5.81. The summed E-state index contributed by atoms with van der Waals surface area (Å²) in [6.45, 7) is 4.14. The Morgan fingerprint density at radius 3 is 2.84 bits per heavy atom. The number of fused-ring (bicyclic) bond motifs is 1. The van der Waals surface area contributed by atoms with E-state index in [0.717, 1.165) is 35.1 Å². The van der Waals surface area contributed by atoms with Crippen LogP contribution in [0.4, 0.5) is 11.4 Å². The molecular formula is C20H22N2O2S. The van der Waals surface area contributed by atoms with E-state index in [0.29, 0.717) is 17.7 Å². The molecule has 0 saturated heterocycles. The smallest absolute Gasteiger partial charge is 0.166 e. The standard InChI is InChI=1S/C20H22N2O2S/c1-4-7-16(23)14-12-21-20-13(8-6-9-17(20)24-3)19(14)22-15-10-11-25-18(15)5-2/h6,8-12H,4-5,7H2,1-3H3,(H,21,22). The zero-order chi connectivity index (χ0) is 17.8. The van der Waals surface area contributed by atoms with Crippen LogP contribution >= 0.6 is 11.3 Å². The number of carbonyl (C=O) groups is 1.